The van der Waals surface area contributed by atoms with Crippen LogP contribution in [0.1, 0.15) is 5.69 Å². The Kier molecular flexibility index (Phi) is 3.08. The van der Waals surface area contributed by atoms with Gasteiger partial charge in [0.15, 0.2) is 0 Å². The molecule has 0 aromatic carbocycles. The molecule has 20 heavy (non-hydrogen) atoms. The Balaban J connectivity index is 1.95. The number of aromatic nitrogens is 5. The summed E-state index contributed by atoms with van der Waals surface area (Å²) < 4.78 is 14.2. The molecule has 3 heterocycles. The maximum absolute atomic E-state index is 12.9. The maximum atomic E-state index is 12.9. The molecular weight excluding hydrogens is 259 g/mol. The van der Waals surface area contributed by atoms with Crippen molar-refractivity contribution in [2.75, 3.05) is 5.32 Å². The zero-order valence-electron chi connectivity index (χ0n) is 10.7. The SMILES string of the molecule is Cc1cc(Nc2cccnc2)nc(-n2ccc(F)n2)n1. The first kappa shape index (κ1) is 12.2. The number of nitrogens with one attached hydrogen (secondary N) is 1. The standard InChI is InChI=1S/C13H11FN6/c1-9-7-12(17-10-3-2-5-15-8-10)18-13(16-9)20-6-4-11(14)19-20/h2-8H,1H3,(H,16,17,18). The minimum Gasteiger partial charge on any atom is -0.339 e. The first-order chi connectivity index (χ1) is 9.70. The van der Waals surface area contributed by atoms with Crippen LogP contribution in [0.3, 0.4) is 0 Å². The third-order valence-electron chi connectivity index (χ3n) is 2.54. The zero-order chi connectivity index (χ0) is 13.9. The summed E-state index contributed by atoms with van der Waals surface area (Å²) in [5, 5.41) is 6.77. The van der Waals surface area contributed by atoms with Crippen molar-refractivity contribution in [1.82, 2.24) is 24.7 Å². The molecular formula is C13H11FN6. The second kappa shape index (κ2) is 5.04. The van der Waals surface area contributed by atoms with Crippen LogP contribution in [0.5, 0.6) is 0 Å². The lowest BCUT2D eigenvalue weighted by Gasteiger charge is -2.07. The van der Waals surface area contributed by atoms with Crippen LogP contribution in [-0.4, -0.2) is 24.7 Å². The van der Waals surface area contributed by atoms with E-state index in [-0.39, 0.29) is 0 Å². The van der Waals surface area contributed by atoms with Crippen molar-refractivity contribution in [3.05, 3.63) is 54.5 Å². The summed E-state index contributed by atoms with van der Waals surface area (Å²) in [7, 11) is 0. The third kappa shape index (κ3) is 2.61. The van der Waals surface area contributed by atoms with Crippen molar-refractivity contribution in [2.24, 2.45) is 0 Å². The van der Waals surface area contributed by atoms with Crippen molar-refractivity contribution in [2.45, 2.75) is 6.92 Å². The summed E-state index contributed by atoms with van der Waals surface area (Å²) in [6, 6.07) is 6.73. The van der Waals surface area contributed by atoms with Gasteiger partial charge in [-0.05, 0) is 19.1 Å². The molecule has 0 spiro atoms. The van der Waals surface area contributed by atoms with Crippen LogP contribution < -0.4 is 5.32 Å². The molecule has 3 aromatic rings. The van der Waals surface area contributed by atoms with E-state index in [0.29, 0.717) is 11.8 Å². The Hall–Kier alpha value is -2.83. The van der Waals surface area contributed by atoms with Crippen LogP contribution in [0.2, 0.25) is 0 Å². The van der Waals surface area contributed by atoms with Crippen LogP contribution in [0.15, 0.2) is 42.9 Å². The topological polar surface area (TPSA) is 68.5 Å². The number of pyridine rings is 1. The minimum atomic E-state index is -0.572. The van der Waals surface area contributed by atoms with Gasteiger partial charge >= 0.3 is 0 Å². The molecule has 0 saturated heterocycles. The predicted molar refractivity (Wildman–Crippen MR) is 71.4 cm³/mol. The van der Waals surface area contributed by atoms with E-state index in [2.05, 4.69) is 25.4 Å². The number of anilines is 2. The number of rotatable bonds is 3. The lowest BCUT2D eigenvalue weighted by Crippen LogP contribution is -2.06. The lowest BCUT2D eigenvalue weighted by molar-refractivity contribution is 0.562. The Bertz CT molecular complexity index is 725. The van der Waals surface area contributed by atoms with Crippen molar-refractivity contribution >= 4 is 11.5 Å². The first-order valence-corrected chi connectivity index (χ1v) is 5.95. The Labute approximate surface area is 114 Å². The first-order valence-electron chi connectivity index (χ1n) is 5.95. The lowest BCUT2D eigenvalue weighted by atomic mass is 10.4. The fourth-order valence-corrected chi connectivity index (χ4v) is 1.72. The average Bonchev–Trinajstić information content (AvgIpc) is 2.86. The summed E-state index contributed by atoms with van der Waals surface area (Å²) in [5.74, 6) is 0.327. The third-order valence-corrected chi connectivity index (χ3v) is 2.54. The zero-order valence-corrected chi connectivity index (χ0v) is 10.7. The quantitative estimate of drug-likeness (QED) is 0.790. The summed E-state index contributed by atoms with van der Waals surface area (Å²) in [5.41, 5.74) is 1.56. The largest absolute Gasteiger partial charge is 0.339 e. The van der Waals surface area contributed by atoms with E-state index in [9.17, 15) is 4.39 Å². The molecule has 0 unspecified atom stereocenters. The van der Waals surface area contributed by atoms with Gasteiger partial charge < -0.3 is 5.32 Å². The molecule has 0 atom stereocenters. The van der Waals surface area contributed by atoms with E-state index >= 15 is 0 Å². The fraction of sp³-hybridized carbons (Fsp3) is 0.0769. The number of nitrogens with zero attached hydrogens (tertiary/aromatic N) is 5. The average molecular weight is 270 g/mol. The Morgan fingerprint density at radius 3 is 2.85 bits per heavy atom. The molecule has 3 rings (SSSR count). The number of aryl methyl sites for hydroxylation is 1. The maximum Gasteiger partial charge on any atom is 0.252 e. The Morgan fingerprint density at radius 2 is 2.15 bits per heavy atom. The molecule has 0 saturated carbocycles. The molecule has 0 aliphatic carbocycles. The van der Waals surface area contributed by atoms with Gasteiger partial charge in [0.1, 0.15) is 5.82 Å². The van der Waals surface area contributed by atoms with Crippen molar-refractivity contribution in [3.8, 4) is 5.95 Å². The highest BCUT2D eigenvalue weighted by Crippen LogP contribution is 2.15. The summed E-state index contributed by atoms with van der Waals surface area (Å²) in [4.78, 5) is 12.5. The highest BCUT2D eigenvalue weighted by atomic mass is 19.1. The molecule has 0 amide bonds. The summed E-state index contributed by atoms with van der Waals surface area (Å²) in [6.45, 7) is 1.83. The minimum absolute atomic E-state index is 0.306. The monoisotopic (exact) mass is 270 g/mol. The van der Waals surface area contributed by atoms with Gasteiger partial charge in [-0.15, -0.1) is 5.10 Å². The molecule has 0 fully saturated rings. The summed E-state index contributed by atoms with van der Waals surface area (Å²) in [6.07, 6.45) is 4.84. The van der Waals surface area contributed by atoms with Gasteiger partial charge in [-0.1, -0.05) is 0 Å². The van der Waals surface area contributed by atoms with E-state index < -0.39 is 5.95 Å². The van der Waals surface area contributed by atoms with Crippen LogP contribution in [-0.2, 0) is 0 Å². The van der Waals surface area contributed by atoms with Crippen LogP contribution >= 0.6 is 0 Å². The van der Waals surface area contributed by atoms with E-state index in [4.69, 9.17) is 0 Å². The second-order valence-corrected chi connectivity index (χ2v) is 4.14. The van der Waals surface area contributed by atoms with E-state index in [1.165, 1.54) is 16.9 Å². The number of hydrogen-bond donors (Lipinski definition) is 1. The molecule has 6 nitrogen and oxygen atoms in total. The van der Waals surface area contributed by atoms with Gasteiger partial charge in [-0.3, -0.25) is 4.98 Å². The molecule has 1 N–H and O–H groups in total. The highest BCUT2D eigenvalue weighted by Gasteiger charge is 2.06. The highest BCUT2D eigenvalue weighted by molar-refractivity contribution is 5.55. The van der Waals surface area contributed by atoms with Crippen molar-refractivity contribution in [3.63, 3.8) is 0 Å². The van der Waals surface area contributed by atoms with Gasteiger partial charge in [0.05, 0.1) is 11.9 Å². The van der Waals surface area contributed by atoms with Crippen LogP contribution in [0, 0.1) is 12.9 Å². The van der Waals surface area contributed by atoms with Crippen LogP contribution in [0.25, 0.3) is 5.95 Å². The van der Waals surface area contributed by atoms with Crippen molar-refractivity contribution < 1.29 is 4.39 Å². The van der Waals surface area contributed by atoms with E-state index in [1.807, 2.05) is 19.1 Å². The molecule has 0 aliphatic heterocycles. The molecule has 7 heteroatoms. The van der Waals surface area contributed by atoms with Gasteiger partial charge in [-0.25, -0.2) is 9.67 Å². The van der Waals surface area contributed by atoms with E-state index in [0.717, 1.165) is 11.4 Å². The number of hydrogen-bond acceptors (Lipinski definition) is 5. The second-order valence-electron chi connectivity index (χ2n) is 4.14. The molecule has 0 radical (unpaired) electrons. The van der Waals surface area contributed by atoms with E-state index in [1.54, 1.807) is 18.5 Å². The number of halogens is 1. The summed E-state index contributed by atoms with van der Waals surface area (Å²) >= 11 is 0. The fourth-order valence-electron chi connectivity index (χ4n) is 1.72. The predicted octanol–water partition coefficient (Wildman–Crippen LogP) is 2.25. The van der Waals surface area contributed by atoms with Crippen molar-refractivity contribution in [1.29, 1.82) is 0 Å². The molecule has 3 aromatic heterocycles. The normalized spacial score (nSPS) is 10.5. The Morgan fingerprint density at radius 1 is 1.25 bits per heavy atom. The van der Waals surface area contributed by atoms with Gasteiger partial charge in [0.2, 0.25) is 5.95 Å². The molecule has 0 bridgehead atoms. The van der Waals surface area contributed by atoms with Crippen LogP contribution in [0.4, 0.5) is 15.9 Å². The van der Waals surface area contributed by atoms with Gasteiger partial charge in [0, 0.05) is 30.2 Å². The van der Waals surface area contributed by atoms with Gasteiger partial charge in [0.25, 0.3) is 5.95 Å². The molecule has 100 valence electrons. The van der Waals surface area contributed by atoms with Gasteiger partial charge in [-0.2, -0.15) is 9.37 Å². The molecule has 0 aliphatic rings. The smallest absolute Gasteiger partial charge is 0.252 e.